The molecule has 2 N–H and O–H groups in total. The van der Waals surface area contributed by atoms with E-state index in [1.807, 2.05) is 0 Å². The number of aliphatic hydroxyl groups is 2. The molecule has 0 saturated carbocycles. The van der Waals surface area contributed by atoms with Crippen molar-refractivity contribution < 1.29 is 19.9 Å². The highest BCUT2D eigenvalue weighted by Gasteiger charge is 2.31. The molecule has 1 aromatic rings. The van der Waals surface area contributed by atoms with Crippen molar-refractivity contribution in [2.75, 3.05) is 13.1 Å². The molecule has 7 nitrogen and oxygen atoms in total. The van der Waals surface area contributed by atoms with E-state index in [1.54, 1.807) is 0 Å². The summed E-state index contributed by atoms with van der Waals surface area (Å²) in [7, 11) is 0. The molecule has 7 heteroatoms. The zero-order valence-corrected chi connectivity index (χ0v) is 10.5. The van der Waals surface area contributed by atoms with E-state index in [1.165, 1.54) is 41.3 Å². The Morgan fingerprint density at radius 3 is 2.30 bits per heavy atom. The van der Waals surface area contributed by atoms with E-state index in [2.05, 4.69) is 0 Å². The number of hydrogen-bond acceptors (Lipinski definition) is 5. The molecule has 0 aliphatic carbocycles. The Hall–Kier alpha value is -2.25. The van der Waals surface area contributed by atoms with Crippen LogP contribution in [0, 0.1) is 10.1 Å². The molecule has 0 unspecified atom stereocenters. The van der Waals surface area contributed by atoms with Crippen LogP contribution in [0.4, 0.5) is 5.69 Å². The molecule has 0 spiro atoms. The van der Waals surface area contributed by atoms with E-state index in [0.717, 1.165) is 0 Å². The van der Waals surface area contributed by atoms with Crippen molar-refractivity contribution in [3.05, 3.63) is 46.0 Å². The molecule has 0 aromatic heterocycles. The number of hydrogen-bond donors (Lipinski definition) is 2. The maximum Gasteiger partial charge on any atom is 0.269 e. The molecular weight excluding hydrogens is 264 g/mol. The summed E-state index contributed by atoms with van der Waals surface area (Å²) < 4.78 is 0. The smallest absolute Gasteiger partial charge is 0.269 e. The number of aliphatic hydroxyl groups excluding tert-OH is 2. The van der Waals surface area contributed by atoms with Crippen LogP contribution in [0.3, 0.4) is 0 Å². The minimum Gasteiger partial charge on any atom is -0.388 e. The van der Waals surface area contributed by atoms with Crippen LogP contribution in [0.1, 0.15) is 5.56 Å². The summed E-state index contributed by atoms with van der Waals surface area (Å²) in [5, 5.41) is 29.2. The van der Waals surface area contributed by atoms with Crippen molar-refractivity contribution >= 4 is 17.7 Å². The van der Waals surface area contributed by atoms with Gasteiger partial charge < -0.3 is 15.1 Å². The van der Waals surface area contributed by atoms with Gasteiger partial charge in [0, 0.05) is 31.3 Å². The molecule has 1 aliphatic heterocycles. The third-order valence-corrected chi connectivity index (χ3v) is 3.09. The van der Waals surface area contributed by atoms with E-state index < -0.39 is 17.1 Å². The number of nitrogens with zero attached hydrogens (tertiary/aromatic N) is 2. The summed E-state index contributed by atoms with van der Waals surface area (Å²) in [4.78, 5) is 23.1. The van der Waals surface area contributed by atoms with Gasteiger partial charge in [-0.25, -0.2) is 0 Å². The summed E-state index contributed by atoms with van der Waals surface area (Å²) in [6.07, 6.45) is 1.02. The Morgan fingerprint density at radius 2 is 1.80 bits per heavy atom. The molecule has 1 fully saturated rings. The first-order chi connectivity index (χ1) is 9.47. The first-order valence-corrected chi connectivity index (χ1v) is 6.05. The van der Waals surface area contributed by atoms with Gasteiger partial charge in [-0.15, -0.1) is 0 Å². The average molecular weight is 278 g/mol. The van der Waals surface area contributed by atoms with Crippen LogP contribution in [0.5, 0.6) is 0 Å². The van der Waals surface area contributed by atoms with Gasteiger partial charge in [-0.3, -0.25) is 14.9 Å². The van der Waals surface area contributed by atoms with E-state index in [4.69, 9.17) is 0 Å². The number of amides is 1. The molecule has 106 valence electrons. The Kier molecular flexibility index (Phi) is 4.11. The maximum atomic E-state index is 11.8. The topological polar surface area (TPSA) is 104 Å². The van der Waals surface area contributed by atoms with Crippen molar-refractivity contribution in [3.8, 4) is 0 Å². The van der Waals surface area contributed by atoms with Gasteiger partial charge in [0.15, 0.2) is 0 Å². The number of carbonyl (C=O) groups is 1. The number of nitro groups is 1. The van der Waals surface area contributed by atoms with E-state index in [0.29, 0.717) is 5.56 Å². The summed E-state index contributed by atoms with van der Waals surface area (Å²) in [6.45, 7) is 0.204. The molecule has 1 aliphatic rings. The van der Waals surface area contributed by atoms with E-state index >= 15 is 0 Å². The quantitative estimate of drug-likeness (QED) is 0.466. The van der Waals surface area contributed by atoms with Crippen molar-refractivity contribution in [2.24, 2.45) is 0 Å². The van der Waals surface area contributed by atoms with Crippen LogP contribution in [0.15, 0.2) is 30.3 Å². The molecule has 1 amide bonds. The van der Waals surface area contributed by atoms with Gasteiger partial charge in [0.25, 0.3) is 5.69 Å². The number of nitro benzene ring substituents is 1. The standard InChI is InChI=1S/C13H14N2O5/c16-11-7-14(8-12(11)17)13(18)6-3-9-1-4-10(5-2-9)15(19)20/h1-6,11-12,16-17H,7-8H2/t11-,12+. The first kappa shape index (κ1) is 14.2. The maximum absolute atomic E-state index is 11.8. The fourth-order valence-corrected chi connectivity index (χ4v) is 1.93. The van der Waals surface area contributed by atoms with Crippen molar-refractivity contribution in [1.82, 2.24) is 4.90 Å². The van der Waals surface area contributed by atoms with E-state index in [9.17, 15) is 25.1 Å². The van der Waals surface area contributed by atoms with Gasteiger partial charge in [-0.2, -0.15) is 0 Å². The van der Waals surface area contributed by atoms with Crippen LogP contribution in [-0.4, -0.2) is 51.2 Å². The number of carbonyl (C=O) groups excluding carboxylic acids is 1. The third kappa shape index (κ3) is 3.19. The minimum atomic E-state index is -0.910. The van der Waals surface area contributed by atoms with Crippen LogP contribution in [-0.2, 0) is 4.79 Å². The molecular formula is C13H14N2O5. The summed E-state index contributed by atoms with van der Waals surface area (Å²) in [6, 6.07) is 5.78. The summed E-state index contributed by atoms with van der Waals surface area (Å²) in [5.41, 5.74) is 0.642. The Balaban J connectivity index is 1.99. The predicted molar refractivity (Wildman–Crippen MR) is 70.7 cm³/mol. The molecule has 2 rings (SSSR count). The van der Waals surface area contributed by atoms with Gasteiger partial charge in [0.1, 0.15) is 0 Å². The highest BCUT2D eigenvalue weighted by atomic mass is 16.6. The number of non-ortho nitro benzene ring substituents is 1. The lowest BCUT2D eigenvalue weighted by Gasteiger charge is -2.11. The molecule has 2 atom stereocenters. The first-order valence-electron chi connectivity index (χ1n) is 6.05. The van der Waals surface area contributed by atoms with Crippen LogP contribution in [0.25, 0.3) is 6.08 Å². The van der Waals surface area contributed by atoms with Gasteiger partial charge in [0.2, 0.25) is 5.91 Å². The third-order valence-electron chi connectivity index (χ3n) is 3.09. The zero-order chi connectivity index (χ0) is 14.7. The van der Waals surface area contributed by atoms with E-state index in [-0.39, 0.29) is 24.7 Å². The van der Waals surface area contributed by atoms with Gasteiger partial charge in [-0.05, 0) is 23.8 Å². The van der Waals surface area contributed by atoms with Gasteiger partial charge in [-0.1, -0.05) is 0 Å². The molecule has 20 heavy (non-hydrogen) atoms. The lowest BCUT2D eigenvalue weighted by molar-refractivity contribution is -0.384. The molecule has 1 heterocycles. The number of β-amino-alcohol motifs (C(OH)–C–C–N with tert-alkyl or cyclic N) is 2. The second-order valence-electron chi connectivity index (χ2n) is 4.56. The fourth-order valence-electron chi connectivity index (χ4n) is 1.93. The second-order valence-corrected chi connectivity index (χ2v) is 4.56. The average Bonchev–Trinajstić information content (AvgIpc) is 2.76. The largest absolute Gasteiger partial charge is 0.388 e. The normalized spacial score (nSPS) is 22.4. The van der Waals surface area contributed by atoms with Gasteiger partial charge in [0.05, 0.1) is 17.1 Å². The van der Waals surface area contributed by atoms with Crippen molar-refractivity contribution in [3.63, 3.8) is 0 Å². The Bertz CT molecular complexity index is 530. The Morgan fingerprint density at radius 1 is 1.25 bits per heavy atom. The fraction of sp³-hybridized carbons (Fsp3) is 0.308. The lowest BCUT2D eigenvalue weighted by Crippen LogP contribution is -2.27. The number of likely N-dealkylation sites (tertiary alicyclic amines) is 1. The van der Waals surface area contributed by atoms with Crippen LogP contribution in [0.2, 0.25) is 0 Å². The summed E-state index contributed by atoms with van der Waals surface area (Å²) in [5.74, 6) is -0.320. The van der Waals surface area contributed by atoms with Crippen molar-refractivity contribution in [1.29, 1.82) is 0 Å². The highest BCUT2D eigenvalue weighted by molar-refractivity contribution is 5.92. The van der Waals surface area contributed by atoms with Crippen LogP contribution >= 0.6 is 0 Å². The van der Waals surface area contributed by atoms with Crippen LogP contribution < -0.4 is 0 Å². The SMILES string of the molecule is O=C(C=Cc1ccc([N+](=O)[O-])cc1)N1C[C@@H](O)[C@@H](O)C1. The number of benzene rings is 1. The second kappa shape index (κ2) is 5.81. The number of rotatable bonds is 3. The minimum absolute atomic E-state index is 0.0146. The summed E-state index contributed by atoms with van der Waals surface area (Å²) >= 11 is 0. The monoisotopic (exact) mass is 278 g/mol. The molecule has 1 aromatic carbocycles. The molecule has 1 saturated heterocycles. The highest BCUT2D eigenvalue weighted by Crippen LogP contribution is 2.14. The zero-order valence-electron chi connectivity index (χ0n) is 10.5. The Labute approximate surface area is 114 Å². The van der Waals surface area contributed by atoms with Gasteiger partial charge >= 0.3 is 0 Å². The lowest BCUT2D eigenvalue weighted by atomic mass is 10.2. The molecule has 0 radical (unpaired) electrons. The predicted octanol–water partition coefficient (Wildman–Crippen LogP) is 0.172. The van der Waals surface area contributed by atoms with Crippen molar-refractivity contribution in [2.45, 2.75) is 12.2 Å². The molecule has 0 bridgehead atoms.